The number of hydrogen-bond acceptors (Lipinski definition) is 2. The number of aliphatic carboxylic acids is 1. The molecule has 0 spiro atoms. The van der Waals surface area contributed by atoms with Gasteiger partial charge in [0, 0.05) is 24.7 Å². The molecule has 6 heteroatoms. The number of hydrogen-bond donors (Lipinski definition) is 1. The molecule has 0 radical (unpaired) electrons. The van der Waals surface area contributed by atoms with Gasteiger partial charge >= 0.3 is 12.1 Å². The van der Waals surface area contributed by atoms with Crippen LogP contribution in [0.5, 0.6) is 0 Å². The minimum Gasteiger partial charge on any atom is -0.481 e. The summed E-state index contributed by atoms with van der Waals surface area (Å²) in [6, 6.07) is 13.7. The van der Waals surface area contributed by atoms with E-state index in [4.69, 9.17) is 0 Å². The highest BCUT2D eigenvalue weighted by Gasteiger charge is 2.32. The lowest BCUT2D eigenvalue weighted by molar-refractivity contribution is -0.138. The number of carbonyl (C=O) groups is 1. The first-order valence-corrected chi connectivity index (χ1v) is 10.4. The third-order valence-electron chi connectivity index (χ3n) is 5.93. The van der Waals surface area contributed by atoms with Gasteiger partial charge < -0.3 is 10.0 Å². The van der Waals surface area contributed by atoms with Crippen molar-refractivity contribution in [2.75, 3.05) is 11.4 Å². The Bertz CT molecular complexity index is 844. The van der Waals surface area contributed by atoms with Crippen molar-refractivity contribution >= 4 is 11.7 Å². The van der Waals surface area contributed by atoms with Gasteiger partial charge in [-0.3, -0.25) is 4.79 Å². The van der Waals surface area contributed by atoms with E-state index in [-0.39, 0.29) is 18.4 Å². The van der Waals surface area contributed by atoms with Gasteiger partial charge in [-0.2, -0.15) is 13.2 Å². The molecule has 0 unspecified atom stereocenters. The maximum absolute atomic E-state index is 12.9. The number of benzene rings is 2. The molecule has 0 aliphatic carbocycles. The molecule has 3 nitrogen and oxygen atoms in total. The van der Waals surface area contributed by atoms with Gasteiger partial charge in [0.25, 0.3) is 0 Å². The summed E-state index contributed by atoms with van der Waals surface area (Å²) in [5.74, 6) is -0.292. The lowest BCUT2D eigenvalue weighted by Crippen LogP contribution is -2.44. The van der Waals surface area contributed by atoms with Gasteiger partial charge in [-0.1, -0.05) is 38.1 Å². The molecule has 162 valence electrons. The Morgan fingerprint density at radius 3 is 2.27 bits per heavy atom. The molecule has 1 fully saturated rings. The van der Waals surface area contributed by atoms with Crippen LogP contribution < -0.4 is 4.90 Å². The first-order chi connectivity index (χ1) is 14.1. The summed E-state index contributed by atoms with van der Waals surface area (Å²) in [6.45, 7) is 5.02. The van der Waals surface area contributed by atoms with Gasteiger partial charge in [-0.15, -0.1) is 0 Å². The van der Waals surface area contributed by atoms with E-state index in [1.54, 1.807) is 0 Å². The van der Waals surface area contributed by atoms with Crippen LogP contribution in [0, 0.1) is 5.92 Å². The van der Waals surface area contributed by atoms with Crippen molar-refractivity contribution in [3.05, 3.63) is 65.2 Å². The second kappa shape index (κ2) is 9.11. The van der Waals surface area contributed by atoms with E-state index >= 15 is 0 Å². The van der Waals surface area contributed by atoms with Crippen LogP contribution in [0.3, 0.4) is 0 Å². The molecule has 1 aliphatic heterocycles. The predicted molar refractivity (Wildman–Crippen MR) is 112 cm³/mol. The summed E-state index contributed by atoms with van der Waals surface area (Å²) in [5.41, 5.74) is 2.50. The van der Waals surface area contributed by atoms with Crippen molar-refractivity contribution in [1.29, 1.82) is 0 Å². The first kappa shape index (κ1) is 22.2. The van der Waals surface area contributed by atoms with Gasteiger partial charge in [0.1, 0.15) is 0 Å². The van der Waals surface area contributed by atoms with Crippen molar-refractivity contribution < 1.29 is 23.1 Å². The van der Waals surface area contributed by atoms with Gasteiger partial charge in [0.05, 0.1) is 5.56 Å². The molecule has 1 heterocycles. The van der Waals surface area contributed by atoms with E-state index < -0.39 is 17.7 Å². The predicted octanol–water partition coefficient (Wildman–Crippen LogP) is 6.13. The summed E-state index contributed by atoms with van der Waals surface area (Å²) in [7, 11) is 0. The molecule has 1 N–H and O–H groups in total. The van der Waals surface area contributed by atoms with E-state index in [9.17, 15) is 23.1 Å². The highest BCUT2D eigenvalue weighted by molar-refractivity contribution is 5.67. The summed E-state index contributed by atoms with van der Waals surface area (Å²) in [4.78, 5) is 13.5. The lowest BCUT2D eigenvalue weighted by atomic mass is 9.85. The highest BCUT2D eigenvalue weighted by atomic mass is 19.4. The number of rotatable bonds is 6. The summed E-state index contributed by atoms with van der Waals surface area (Å²) >= 11 is 0. The fourth-order valence-electron chi connectivity index (χ4n) is 4.25. The Balaban J connectivity index is 1.81. The van der Waals surface area contributed by atoms with Crippen molar-refractivity contribution in [3.63, 3.8) is 0 Å². The van der Waals surface area contributed by atoms with Crippen LogP contribution in [0.15, 0.2) is 48.5 Å². The van der Waals surface area contributed by atoms with E-state index in [0.717, 1.165) is 36.3 Å². The summed E-state index contributed by atoms with van der Waals surface area (Å²) < 4.78 is 38.6. The third-order valence-corrected chi connectivity index (χ3v) is 5.93. The molecular weight excluding hydrogens is 391 g/mol. The van der Waals surface area contributed by atoms with Gasteiger partial charge in [-0.25, -0.2) is 0 Å². The SMILES string of the molecule is CC(C)c1ccc(N2CC[C@H](CC(=O)O)C[C@@H]2Cc2ccc(C(F)(F)F)cc2)cc1. The van der Waals surface area contributed by atoms with Crippen molar-refractivity contribution in [2.24, 2.45) is 5.92 Å². The molecule has 1 saturated heterocycles. The number of anilines is 1. The topological polar surface area (TPSA) is 40.5 Å². The van der Waals surface area contributed by atoms with Crippen LogP contribution in [-0.4, -0.2) is 23.7 Å². The van der Waals surface area contributed by atoms with Crippen molar-refractivity contribution in [1.82, 2.24) is 0 Å². The van der Waals surface area contributed by atoms with Crippen LogP contribution in [-0.2, 0) is 17.4 Å². The Hall–Kier alpha value is -2.50. The molecule has 0 aromatic heterocycles. The highest BCUT2D eigenvalue weighted by Crippen LogP contribution is 2.33. The molecule has 30 heavy (non-hydrogen) atoms. The van der Waals surface area contributed by atoms with E-state index in [1.807, 2.05) is 0 Å². The zero-order chi connectivity index (χ0) is 21.9. The fraction of sp³-hybridized carbons (Fsp3) is 0.458. The summed E-state index contributed by atoms with van der Waals surface area (Å²) in [6.07, 6.45) is -2.13. The Kier molecular flexibility index (Phi) is 6.74. The van der Waals surface area contributed by atoms with E-state index in [2.05, 4.69) is 43.0 Å². The second-order valence-electron chi connectivity index (χ2n) is 8.48. The molecular formula is C24H28F3NO2. The zero-order valence-corrected chi connectivity index (χ0v) is 17.3. The molecule has 1 aliphatic rings. The second-order valence-corrected chi connectivity index (χ2v) is 8.48. The Morgan fingerprint density at radius 2 is 1.73 bits per heavy atom. The number of halogens is 3. The Morgan fingerprint density at radius 1 is 1.10 bits per heavy atom. The Labute approximate surface area is 175 Å². The fourth-order valence-corrected chi connectivity index (χ4v) is 4.25. The number of alkyl halides is 3. The largest absolute Gasteiger partial charge is 0.481 e. The number of piperidine rings is 1. The molecule has 2 aromatic carbocycles. The average Bonchev–Trinajstić information content (AvgIpc) is 2.67. The molecule has 0 saturated carbocycles. The maximum atomic E-state index is 12.9. The summed E-state index contributed by atoms with van der Waals surface area (Å²) in [5, 5.41) is 9.19. The maximum Gasteiger partial charge on any atom is 0.416 e. The minimum absolute atomic E-state index is 0.0461. The van der Waals surface area contributed by atoms with Gasteiger partial charge in [0.15, 0.2) is 0 Å². The average molecular weight is 419 g/mol. The number of nitrogens with zero attached hydrogens (tertiary/aromatic N) is 1. The quantitative estimate of drug-likeness (QED) is 0.612. The lowest BCUT2D eigenvalue weighted by Gasteiger charge is -2.41. The minimum atomic E-state index is -4.35. The normalized spacial score (nSPS) is 19.9. The van der Waals surface area contributed by atoms with Crippen LogP contribution in [0.4, 0.5) is 18.9 Å². The van der Waals surface area contributed by atoms with Crippen molar-refractivity contribution in [3.8, 4) is 0 Å². The molecule has 0 bridgehead atoms. The van der Waals surface area contributed by atoms with Crippen LogP contribution >= 0.6 is 0 Å². The monoisotopic (exact) mass is 419 g/mol. The smallest absolute Gasteiger partial charge is 0.416 e. The van der Waals surface area contributed by atoms with E-state index in [1.165, 1.54) is 17.7 Å². The molecule has 0 amide bonds. The van der Waals surface area contributed by atoms with Crippen molar-refractivity contribution in [2.45, 2.75) is 57.7 Å². The standard InChI is InChI=1S/C24H28F3NO2/c1-16(2)19-5-9-21(10-6-19)28-12-11-18(15-23(29)30)14-22(28)13-17-3-7-20(8-4-17)24(25,26)27/h3-10,16,18,22H,11-15H2,1-2H3,(H,29,30)/t18-,22-/m0/s1. The first-order valence-electron chi connectivity index (χ1n) is 10.4. The van der Waals surface area contributed by atoms with Gasteiger partial charge in [0.2, 0.25) is 0 Å². The molecule has 3 rings (SSSR count). The van der Waals surface area contributed by atoms with Gasteiger partial charge in [-0.05, 0) is 66.5 Å². The molecule has 2 atom stereocenters. The number of carboxylic acids is 1. The molecule has 2 aromatic rings. The zero-order valence-electron chi connectivity index (χ0n) is 17.3. The van der Waals surface area contributed by atoms with Crippen LogP contribution in [0.1, 0.15) is 55.7 Å². The van der Waals surface area contributed by atoms with E-state index in [0.29, 0.717) is 18.8 Å². The van der Waals surface area contributed by atoms with Crippen LogP contribution in [0.25, 0.3) is 0 Å². The third kappa shape index (κ3) is 5.55. The number of carboxylic acid groups (broad SMARTS) is 1. The van der Waals surface area contributed by atoms with Crippen LogP contribution in [0.2, 0.25) is 0 Å².